The SMILES string of the molecule is O=C(c1cc2c(F)cccc2s1)N1CCC[C@H](n2cccn2)C1. The van der Waals surface area contributed by atoms with Crippen molar-refractivity contribution < 1.29 is 9.18 Å². The molecule has 2 aromatic heterocycles. The lowest BCUT2D eigenvalue weighted by molar-refractivity contribution is 0.0678. The number of fused-ring (bicyclic) bond motifs is 1. The molecule has 23 heavy (non-hydrogen) atoms. The fourth-order valence-corrected chi connectivity index (χ4v) is 4.18. The Hall–Kier alpha value is -2.21. The highest BCUT2D eigenvalue weighted by Gasteiger charge is 2.26. The van der Waals surface area contributed by atoms with E-state index in [4.69, 9.17) is 0 Å². The summed E-state index contributed by atoms with van der Waals surface area (Å²) in [7, 11) is 0. The summed E-state index contributed by atoms with van der Waals surface area (Å²) < 4.78 is 16.6. The van der Waals surface area contributed by atoms with E-state index < -0.39 is 0 Å². The van der Waals surface area contributed by atoms with Crippen LogP contribution in [0.25, 0.3) is 10.1 Å². The molecule has 1 aliphatic heterocycles. The number of benzene rings is 1. The average molecular weight is 329 g/mol. The second-order valence-corrected chi connectivity index (χ2v) is 6.88. The van der Waals surface area contributed by atoms with Gasteiger partial charge in [0.1, 0.15) is 5.82 Å². The van der Waals surface area contributed by atoms with Gasteiger partial charge in [-0.15, -0.1) is 11.3 Å². The third-order valence-electron chi connectivity index (χ3n) is 4.30. The molecule has 0 bridgehead atoms. The Morgan fingerprint density at radius 1 is 1.35 bits per heavy atom. The van der Waals surface area contributed by atoms with Crippen molar-refractivity contribution in [3.05, 3.63) is 53.4 Å². The van der Waals surface area contributed by atoms with Crippen molar-refractivity contribution in [3.8, 4) is 0 Å². The normalized spacial score (nSPS) is 18.5. The molecule has 4 nitrogen and oxygen atoms in total. The number of amides is 1. The monoisotopic (exact) mass is 329 g/mol. The zero-order valence-electron chi connectivity index (χ0n) is 12.5. The molecule has 1 aromatic carbocycles. The zero-order chi connectivity index (χ0) is 15.8. The molecule has 0 radical (unpaired) electrons. The second kappa shape index (κ2) is 5.77. The number of hydrogen-bond acceptors (Lipinski definition) is 3. The summed E-state index contributed by atoms with van der Waals surface area (Å²) in [6.07, 6.45) is 5.67. The number of nitrogens with zero attached hydrogens (tertiary/aromatic N) is 3. The summed E-state index contributed by atoms with van der Waals surface area (Å²) >= 11 is 1.36. The first-order valence-electron chi connectivity index (χ1n) is 7.69. The number of hydrogen-bond donors (Lipinski definition) is 0. The largest absolute Gasteiger partial charge is 0.336 e. The summed E-state index contributed by atoms with van der Waals surface area (Å²) in [6, 6.07) is 8.75. The quantitative estimate of drug-likeness (QED) is 0.719. The first kappa shape index (κ1) is 14.4. The van der Waals surface area contributed by atoms with Gasteiger partial charge in [-0.1, -0.05) is 6.07 Å². The lowest BCUT2D eigenvalue weighted by Gasteiger charge is -2.32. The molecule has 0 unspecified atom stereocenters. The van der Waals surface area contributed by atoms with Gasteiger partial charge in [-0.3, -0.25) is 9.48 Å². The van der Waals surface area contributed by atoms with Crippen molar-refractivity contribution in [2.45, 2.75) is 18.9 Å². The summed E-state index contributed by atoms with van der Waals surface area (Å²) in [4.78, 5) is 15.2. The predicted molar refractivity (Wildman–Crippen MR) is 88.2 cm³/mol. The fraction of sp³-hybridized carbons (Fsp3) is 0.294. The van der Waals surface area contributed by atoms with Crippen LogP contribution < -0.4 is 0 Å². The van der Waals surface area contributed by atoms with E-state index in [-0.39, 0.29) is 17.8 Å². The Morgan fingerprint density at radius 2 is 2.26 bits per heavy atom. The number of halogens is 1. The summed E-state index contributed by atoms with van der Waals surface area (Å²) in [5, 5.41) is 4.81. The number of likely N-dealkylation sites (tertiary alicyclic amines) is 1. The van der Waals surface area contributed by atoms with Crippen LogP contribution in [0.5, 0.6) is 0 Å². The highest BCUT2D eigenvalue weighted by atomic mass is 32.1. The van der Waals surface area contributed by atoms with Gasteiger partial charge in [-0.25, -0.2) is 4.39 Å². The lowest BCUT2D eigenvalue weighted by atomic mass is 10.1. The molecule has 1 saturated heterocycles. The maximum Gasteiger partial charge on any atom is 0.264 e. The third kappa shape index (κ3) is 2.63. The van der Waals surface area contributed by atoms with Crippen molar-refractivity contribution in [1.82, 2.24) is 14.7 Å². The Bertz CT molecular complexity index is 843. The molecule has 1 atom stereocenters. The van der Waals surface area contributed by atoms with Gasteiger partial charge < -0.3 is 4.90 Å². The third-order valence-corrected chi connectivity index (χ3v) is 5.39. The van der Waals surface area contributed by atoms with Crippen LogP contribution in [0.2, 0.25) is 0 Å². The number of carbonyl (C=O) groups is 1. The van der Waals surface area contributed by atoms with E-state index in [0.29, 0.717) is 16.8 Å². The van der Waals surface area contributed by atoms with Crippen LogP contribution >= 0.6 is 11.3 Å². The first-order valence-corrected chi connectivity index (χ1v) is 8.50. The van der Waals surface area contributed by atoms with E-state index in [1.807, 2.05) is 27.9 Å². The molecule has 1 fully saturated rings. The standard InChI is InChI=1S/C17H16FN3OS/c18-14-5-1-6-15-13(14)10-16(23-15)17(22)20-8-2-4-12(11-20)21-9-3-7-19-21/h1,3,5-7,9-10,12H,2,4,8,11H2/t12-/m0/s1. The van der Waals surface area contributed by atoms with E-state index in [0.717, 1.165) is 24.1 Å². The van der Waals surface area contributed by atoms with Crippen LogP contribution in [-0.4, -0.2) is 33.7 Å². The number of aromatic nitrogens is 2. The predicted octanol–water partition coefficient (Wildman–Crippen LogP) is 3.71. The van der Waals surface area contributed by atoms with Crippen LogP contribution in [0, 0.1) is 5.82 Å². The molecule has 0 aliphatic carbocycles. The number of thiophene rings is 1. The van der Waals surface area contributed by atoms with Crippen LogP contribution in [-0.2, 0) is 0 Å². The zero-order valence-corrected chi connectivity index (χ0v) is 13.3. The molecule has 6 heteroatoms. The number of piperidine rings is 1. The molecule has 3 aromatic rings. The van der Waals surface area contributed by atoms with Gasteiger partial charge in [0.15, 0.2) is 0 Å². The van der Waals surface area contributed by atoms with Crippen molar-refractivity contribution in [1.29, 1.82) is 0 Å². The molecule has 0 saturated carbocycles. The van der Waals surface area contributed by atoms with E-state index >= 15 is 0 Å². The topological polar surface area (TPSA) is 38.1 Å². The molecule has 0 N–H and O–H groups in total. The average Bonchev–Trinajstić information content (AvgIpc) is 3.24. The molecule has 1 amide bonds. The Balaban J connectivity index is 1.58. The minimum Gasteiger partial charge on any atom is -0.336 e. The lowest BCUT2D eigenvalue weighted by Crippen LogP contribution is -2.40. The minimum absolute atomic E-state index is 0.0116. The number of carbonyl (C=O) groups excluding carboxylic acids is 1. The summed E-state index contributed by atoms with van der Waals surface area (Å²) in [5.74, 6) is -0.284. The minimum atomic E-state index is -0.272. The van der Waals surface area contributed by atoms with Gasteiger partial charge in [-0.05, 0) is 37.1 Å². The number of rotatable bonds is 2. The van der Waals surface area contributed by atoms with Crippen molar-refractivity contribution in [2.24, 2.45) is 0 Å². The van der Waals surface area contributed by atoms with Gasteiger partial charge in [0.2, 0.25) is 0 Å². The first-order chi connectivity index (χ1) is 11.2. The summed E-state index contributed by atoms with van der Waals surface area (Å²) in [6.45, 7) is 1.39. The molecule has 3 heterocycles. The smallest absolute Gasteiger partial charge is 0.264 e. The summed E-state index contributed by atoms with van der Waals surface area (Å²) in [5.41, 5.74) is 0. The van der Waals surface area contributed by atoms with Gasteiger partial charge in [0.25, 0.3) is 5.91 Å². The van der Waals surface area contributed by atoms with Gasteiger partial charge in [-0.2, -0.15) is 5.10 Å². The highest BCUT2D eigenvalue weighted by Crippen LogP contribution is 2.30. The molecular formula is C17H16FN3OS. The Kier molecular flexibility index (Phi) is 3.61. The Morgan fingerprint density at radius 3 is 3.04 bits per heavy atom. The van der Waals surface area contributed by atoms with Gasteiger partial charge >= 0.3 is 0 Å². The van der Waals surface area contributed by atoms with Crippen LogP contribution in [0.3, 0.4) is 0 Å². The van der Waals surface area contributed by atoms with Crippen LogP contribution in [0.4, 0.5) is 4.39 Å². The van der Waals surface area contributed by atoms with Crippen LogP contribution in [0.1, 0.15) is 28.6 Å². The molecule has 1 aliphatic rings. The van der Waals surface area contributed by atoms with Crippen molar-refractivity contribution in [3.63, 3.8) is 0 Å². The van der Waals surface area contributed by atoms with Gasteiger partial charge in [0, 0.05) is 35.6 Å². The second-order valence-electron chi connectivity index (χ2n) is 5.80. The maximum absolute atomic E-state index is 13.8. The van der Waals surface area contributed by atoms with Crippen LogP contribution in [0.15, 0.2) is 42.7 Å². The van der Waals surface area contributed by atoms with Crippen molar-refractivity contribution in [2.75, 3.05) is 13.1 Å². The maximum atomic E-state index is 13.8. The molecular weight excluding hydrogens is 313 g/mol. The molecule has 118 valence electrons. The molecule has 0 spiro atoms. The van der Waals surface area contributed by atoms with E-state index in [1.165, 1.54) is 17.4 Å². The fourth-order valence-electron chi connectivity index (χ4n) is 3.14. The van der Waals surface area contributed by atoms with Gasteiger partial charge in [0.05, 0.1) is 10.9 Å². The molecule has 4 rings (SSSR count). The van der Waals surface area contributed by atoms with Crippen molar-refractivity contribution >= 4 is 27.3 Å². The highest BCUT2D eigenvalue weighted by molar-refractivity contribution is 7.20. The van der Waals surface area contributed by atoms with E-state index in [9.17, 15) is 9.18 Å². The van der Waals surface area contributed by atoms with E-state index in [1.54, 1.807) is 18.3 Å². The Labute approximate surface area is 137 Å². The van der Waals surface area contributed by atoms with E-state index in [2.05, 4.69) is 5.10 Å².